The molecule has 1 aromatic carbocycles. The number of rotatable bonds is 4. The van der Waals surface area contributed by atoms with Crippen LogP contribution in [-0.2, 0) is 5.75 Å². The molecule has 0 N–H and O–H groups in total. The second kappa shape index (κ2) is 6.54. The van der Waals surface area contributed by atoms with Crippen molar-refractivity contribution in [3.63, 3.8) is 0 Å². The molecule has 2 heterocycles. The molecule has 0 atom stereocenters. The largest absolute Gasteiger partial charge is 0.246 e. The molecule has 0 saturated carbocycles. The van der Waals surface area contributed by atoms with E-state index in [1.807, 2.05) is 32.0 Å². The molecule has 2 aromatic heterocycles. The van der Waals surface area contributed by atoms with E-state index in [0.29, 0.717) is 5.75 Å². The number of aryl methyl sites for hydroxylation is 2. The van der Waals surface area contributed by atoms with Gasteiger partial charge in [0.25, 0.3) is 0 Å². The molecule has 3 rings (SSSR count). The fraction of sp³-hybridized carbons (Fsp3) is 0.188. The maximum Gasteiger partial charge on any atom is 0.123 e. The van der Waals surface area contributed by atoms with Gasteiger partial charge in [-0.2, -0.15) is 0 Å². The van der Waals surface area contributed by atoms with Crippen molar-refractivity contribution in [1.29, 1.82) is 0 Å². The van der Waals surface area contributed by atoms with Crippen molar-refractivity contribution >= 4 is 23.1 Å². The maximum absolute atomic E-state index is 13.1. The first-order valence-electron chi connectivity index (χ1n) is 6.77. The smallest absolute Gasteiger partial charge is 0.123 e. The average molecular weight is 331 g/mol. The molecule has 112 valence electrons. The maximum atomic E-state index is 13.1. The van der Waals surface area contributed by atoms with E-state index in [4.69, 9.17) is 0 Å². The van der Waals surface area contributed by atoms with Gasteiger partial charge in [0.2, 0.25) is 0 Å². The van der Waals surface area contributed by atoms with Crippen LogP contribution >= 0.6 is 23.1 Å². The standard InChI is InChI=1S/C16H14FN3S2/c1-10-16(22-11(2)18-10)14-6-7-15(20-19-14)21-9-12-4-3-5-13(17)8-12/h3-8H,9H2,1-2H3. The molecule has 6 heteroatoms. The van der Waals surface area contributed by atoms with Crippen LogP contribution in [0, 0.1) is 19.7 Å². The Morgan fingerprint density at radius 1 is 1.14 bits per heavy atom. The van der Waals surface area contributed by atoms with Gasteiger partial charge < -0.3 is 0 Å². The lowest BCUT2D eigenvalue weighted by atomic mass is 10.2. The van der Waals surface area contributed by atoms with Gasteiger partial charge in [0.05, 0.1) is 15.6 Å². The van der Waals surface area contributed by atoms with Crippen LogP contribution in [0.3, 0.4) is 0 Å². The lowest BCUT2D eigenvalue weighted by Gasteiger charge is -2.02. The first kappa shape index (κ1) is 15.1. The molecule has 0 amide bonds. The van der Waals surface area contributed by atoms with Crippen LogP contribution < -0.4 is 0 Å². The zero-order valence-electron chi connectivity index (χ0n) is 12.2. The van der Waals surface area contributed by atoms with Crippen molar-refractivity contribution in [3.05, 3.63) is 58.5 Å². The minimum absolute atomic E-state index is 0.212. The van der Waals surface area contributed by atoms with Crippen LogP contribution in [0.25, 0.3) is 10.6 Å². The average Bonchev–Trinajstić information content (AvgIpc) is 2.84. The van der Waals surface area contributed by atoms with E-state index in [9.17, 15) is 4.39 Å². The summed E-state index contributed by atoms with van der Waals surface area (Å²) in [5, 5.41) is 10.4. The van der Waals surface area contributed by atoms with Crippen molar-refractivity contribution in [2.24, 2.45) is 0 Å². The molecule has 0 aliphatic carbocycles. The summed E-state index contributed by atoms with van der Waals surface area (Å²) in [6.45, 7) is 3.96. The number of benzene rings is 1. The number of aromatic nitrogens is 3. The Hall–Kier alpha value is -1.79. The molecule has 0 aliphatic rings. The first-order chi connectivity index (χ1) is 10.6. The molecule has 0 bridgehead atoms. The molecule has 0 unspecified atom stereocenters. The predicted octanol–water partition coefficient (Wildman–Crippen LogP) is 4.65. The summed E-state index contributed by atoms with van der Waals surface area (Å²) in [4.78, 5) is 5.47. The second-order valence-electron chi connectivity index (χ2n) is 4.82. The summed E-state index contributed by atoms with van der Waals surface area (Å²) in [7, 11) is 0. The van der Waals surface area contributed by atoms with Gasteiger partial charge in [-0.05, 0) is 43.7 Å². The van der Waals surface area contributed by atoms with Gasteiger partial charge in [-0.25, -0.2) is 9.37 Å². The van der Waals surface area contributed by atoms with Crippen LogP contribution in [0.15, 0.2) is 41.4 Å². The highest BCUT2D eigenvalue weighted by Gasteiger charge is 2.09. The molecule has 0 radical (unpaired) electrons. The quantitative estimate of drug-likeness (QED) is 0.652. The van der Waals surface area contributed by atoms with Crippen molar-refractivity contribution in [1.82, 2.24) is 15.2 Å². The molecule has 3 nitrogen and oxygen atoms in total. The fourth-order valence-corrected chi connectivity index (χ4v) is 3.71. The van der Waals surface area contributed by atoms with E-state index >= 15 is 0 Å². The molecule has 22 heavy (non-hydrogen) atoms. The molecular weight excluding hydrogens is 317 g/mol. The van der Waals surface area contributed by atoms with Gasteiger partial charge in [-0.15, -0.1) is 21.5 Å². The summed E-state index contributed by atoms with van der Waals surface area (Å²) in [5.41, 5.74) is 2.76. The number of hydrogen-bond acceptors (Lipinski definition) is 5. The van der Waals surface area contributed by atoms with Crippen LogP contribution in [0.1, 0.15) is 16.3 Å². The topological polar surface area (TPSA) is 38.7 Å². The van der Waals surface area contributed by atoms with Crippen molar-refractivity contribution in [3.8, 4) is 10.6 Å². The van der Waals surface area contributed by atoms with E-state index in [0.717, 1.165) is 31.9 Å². The summed E-state index contributed by atoms with van der Waals surface area (Å²) in [5.74, 6) is 0.459. The molecule has 0 spiro atoms. The predicted molar refractivity (Wildman–Crippen MR) is 88.6 cm³/mol. The third kappa shape index (κ3) is 3.51. The number of thiazole rings is 1. The van der Waals surface area contributed by atoms with Gasteiger partial charge >= 0.3 is 0 Å². The zero-order chi connectivity index (χ0) is 15.5. The monoisotopic (exact) mass is 331 g/mol. The lowest BCUT2D eigenvalue weighted by Crippen LogP contribution is -1.90. The van der Waals surface area contributed by atoms with E-state index in [2.05, 4.69) is 15.2 Å². The van der Waals surface area contributed by atoms with E-state index in [1.165, 1.54) is 12.1 Å². The van der Waals surface area contributed by atoms with E-state index < -0.39 is 0 Å². The summed E-state index contributed by atoms with van der Waals surface area (Å²) < 4.78 is 13.1. The Morgan fingerprint density at radius 3 is 2.64 bits per heavy atom. The number of thioether (sulfide) groups is 1. The van der Waals surface area contributed by atoms with Gasteiger partial charge in [-0.1, -0.05) is 23.9 Å². The van der Waals surface area contributed by atoms with Crippen LogP contribution in [-0.4, -0.2) is 15.2 Å². The van der Waals surface area contributed by atoms with Crippen molar-refractivity contribution in [2.75, 3.05) is 0 Å². The zero-order valence-corrected chi connectivity index (χ0v) is 13.8. The van der Waals surface area contributed by atoms with E-state index in [1.54, 1.807) is 29.2 Å². The molecule has 3 aromatic rings. The third-order valence-corrected chi connectivity index (χ3v) is 5.14. The highest BCUT2D eigenvalue weighted by Crippen LogP contribution is 2.29. The minimum Gasteiger partial charge on any atom is -0.246 e. The Bertz CT molecular complexity index is 784. The number of nitrogens with zero attached hydrogens (tertiary/aromatic N) is 3. The number of hydrogen-bond donors (Lipinski definition) is 0. The fourth-order valence-electron chi connectivity index (χ4n) is 2.07. The van der Waals surface area contributed by atoms with Gasteiger partial charge in [-0.3, -0.25) is 0 Å². The summed E-state index contributed by atoms with van der Waals surface area (Å²) in [6.07, 6.45) is 0. The molecule has 0 aliphatic heterocycles. The third-order valence-electron chi connectivity index (χ3n) is 3.05. The van der Waals surface area contributed by atoms with Crippen LogP contribution in [0.2, 0.25) is 0 Å². The minimum atomic E-state index is -0.212. The Balaban J connectivity index is 1.70. The van der Waals surface area contributed by atoms with Crippen LogP contribution in [0.5, 0.6) is 0 Å². The van der Waals surface area contributed by atoms with Crippen molar-refractivity contribution < 1.29 is 4.39 Å². The van der Waals surface area contributed by atoms with Crippen LogP contribution in [0.4, 0.5) is 4.39 Å². The normalized spacial score (nSPS) is 10.9. The van der Waals surface area contributed by atoms with Gasteiger partial charge in [0.15, 0.2) is 0 Å². The highest BCUT2D eigenvalue weighted by molar-refractivity contribution is 7.98. The molecule has 0 fully saturated rings. The SMILES string of the molecule is Cc1nc(C)c(-c2ccc(SCc3cccc(F)c3)nn2)s1. The summed E-state index contributed by atoms with van der Waals surface area (Å²) >= 11 is 3.17. The Labute approximate surface area is 136 Å². The Kier molecular flexibility index (Phi) is 4.49. The van der Waals surface area contributed by atoms with E-state index in [-0.39, 0.29) is 5.82 Å². The lowest BCUT2D eigenvalue weighted by molar-refractivity contribution is 0.626. The Morgan fingerprint density at radius 2 is 2.00 bits per heavy atom. The molecular formula is C16H14FN3S2. The van der Waals surface area contributed by atoms with Gasteiger partial charge in [0, 0.05) is 5.75 Å². The summed E-state index contributed by atoms with van der Waals surface area (Å²) in [6, 6.07) is 10.5. The highest BCUT2D eigenvalue weighted by atomic mass is 32.2. The second-order valence-corrected chi connectivity index (χ2v) is 7.02. The van der Waals surface area contributed by atoms with Crippen molar-refractivity contribution in [2.45, 2.75) is 24.6 Å². The number of halogens is 1. The van der Waals surface area contributed by atoms with Gasteiger partial charge in [0.1, 0.15) is 16.5 Å². The first-order valence-corrected chi connectivity index (χ1v) is 8.57. The molecule has 0 saturated heterocycles.